The van der Waals surface area contributed by atoms with E-state index in [-0.39, 0.29) is 17.8 Å². The van der Waals surface area contributed by atoms with E-state index in [2.05, 4.69) is 42.4 Å². The van der Waals surface area contributed by atoms with Crippen LogP contribution >= 0.6 is 0 Å². The lowest BCUT2D eigenvalue weighted by Gasteiger charge is -2.20. The lowest BCUT2D eigenvalue weighted by atomic mass is 9.87. The van der Waals surface area contributed by atoms with Gasteiger partial charge in [0.05, 0.1) is 13.2 Å². The molecule has 0 bridgehead atoms. The molecule has 8 heteroatoms. The Morgan fingerprint density at radius 2 is 1.51 bits per heavy atom. The van der Waals surface area contributed by atoms with Crippen LogP contribution in [0.1, 0.15) is 50.5 Å². The Bertz CT molecular complexity index is 1180. The zero-order valence-corrected chi connectivity index (χ0v) is 21.5. The molecule has 3 aromatic rings. The van der Waals surface area contributed by atoms with Crippen molar-refractivity contribution < 1.29 is 36.9 Å². The van der Waals surface area contributed by atoms with E-state index in [9.17, 15) is 18.0 Å². The van der Waals surface area contributed by atoms with Crippen molar-refractivity contribution in [3.63, 3.8) is 0 Å². The Morgan fingerprint density at radius 3 is 2.08 bits per heavy atom. The van der Waals surface area contributed by atoms with E-state index in [1.165, 1.54) is 36.9 Å². The van der Waals surface area contributed by atoms with Crippen LogP contribution in [0.25, 0.3) is 11.1 Å². The number of halogens is 3. The maximum absolute atomic E-state index is 12.5. The van der Waals surface area contributed by atoms with E-state index in [0.29, 0.717) is 23.5 Å². The van der Waals surface area contributed by atoms with Gasteiger partial charge in [0.1, 0.15) is 24.7 Å². The van der Waals surface area contributed by atoms with Gasteiger partial charge < -0.3 is 18.9 Å². The lowest BCUT2D eigenvalue weighted by molar-refractivity contribution is -0.274. The van der Waals surface area contributed by atoms with Crippen molar-refractivity contribution in [1.29, 1.82) is 0 Å². The van der Waals surface area contributed by atoms with Crippen LogP contribution in [0, 0.1) is 0 Å². The zero-order chi connectivity index (χ0) is 27.2. The first kappa shape index (κ1) is 28.1. The van der Waals surface area contributed by atoms with Gasteiger partial charge in [-0.3, -0.25) is 0 Å². The maximum atomic E-state index is 12.5. The largest absolute Gasteiger partial charge is 0.573 e. The average Bonchev–Trinajstić information content (AvgIpc) is 2.85. The van der Waals surface area contributed by atoms with E-state index in [4.69, 9.17) is 9.47 Å². The standard InChI is InChI=1S/C29H31F3O5/c1-19(35-18-27(33)34-5)25-16-22(21-8-13-24(14-9-21)37-29(30,31)32)10-15-26(25)36-17-20-6-11-23(12-7-20)28(2,3)4/h6-16,19H,17-18H2,1-5H3. The summed E-state index contributed by atoms with van der Waals surface area (Å²) in [6.07, 6.45) is -5.28. The molecule has 0 aromatic heterocycles. The Balaban J connectivity index is 1.84. The van der Waals surface area contributed by atoms with E-state index < -0.39 is 18.4 Å². The van der Waals surface area contributed by atoms with E-state index in [1.54, 1.807) is 13.0 Å². The number of rotatable bonds is 9. The zero-order valence-electron chi connectivity index (χ0n) is 21.5. The monoisotopic (exact) mass is 516 g/mol. The second kappa shape index (κ2) is 11.7. The highest BCUT2D eigenvalue weighted by Gasteiger charge is 2.31. The fourth-order valence-corrected chi connectivity index (χ4v) is 3.63. The number of benzene rings is 3. The molecule has 0 aliphatic heterocycles. The van der Waals surface area contributed by atoms with Crippen LogP contribution in [-0.2, 0) is 26.3 Å². The highest BCUT2D eigenvalue weighted by atomic mass is 19.4. The number of ether oxygens (including phenoxy) is 4. The smallest absolute Gasteiger partial charge is 0.489 e. The number of hydrogen-bond donors (Lipinski definition) is 0. The van der Waals surface area contributed by atoms with Crippen molar-refractivity contribution in [2.75, 3.05) is 13.7 Å². The second-order valence-electron chi connectivity index (χ2n) is 9.59. The highest BCUT2D eigenvalue weighted by Crippen LogP contribution is 2.34. The van der Waals surface area contributed by atoms with Crippen molar-refractivity contribution >= 4 is 5.97 Å². The summed E-state index contributed by atoms with van der Waals surface area (Å²) in [5.41, 5.74) is 4.36. The van der Waals surface area contributed by atoms with Gasteiger partial charge >= 0.3 is 12.3 Å². The molecular weight excluding hydrogens is 485 g/mol. The Kier molecular flexibility index (Phi) is 8.86. The van der Waals surface area contributed by atoms with Gasteiger partial charge in [-0.2, -0.15) is 0 Å². The van der Waals surface area contributed by atoms with Gasteiger partial charge in [0.15, 0.2) is 0 Å². The van der Waals surface area contributed by atoms with Crippen molar-refractivity contribution in [3.8, 4) is 22.6 Å². The molecule has 3 aromatic carbocycles. The van der Waals surface area contributed by atoms with Gasteiger partial charge in [0.25, 0.3) is 0 Å². The molecule has 0 aliphatic carbocycles. The molecular formula is C29H31F3O5. The molecule has 37 heavy (non-hydrogen) atoms. The summed E-state index contributed by atoms with van der Waals surface area (Å²) in [4.78, 5) is 11.6. The number of carbonyl (C=O) groups excluding carboxylic acids is 1. The molecule has 3 rings (SSSR count). The molecule has 0 N–H and O–H groups in total. The Labute approximate surface area is 215 Å². The van der Waals surface area contributed by atoms with Crippen LogP contribution in [-0.4, -0.2) is 26.0 Å². The van der Waals surface area contributed by atoms with Gasteiger partial charge in [-0.15, -0.1) is 13.2 Å². The highest BCUT2D eigenvalue weighted by molar-refractivity contribution is 5.70. The lowest BCUT2D eigenvalue weighted by Crippen LogP contribution is -2.16. The van der Waals surface area contributed by atoms with Gasteiger partial charge in [-0.05, 0) is 58.9 Å². The van der Waals surface area contributed by atoms with Crippen LogP contribution < -0.4 is 9.47 Å². The SMILES string of the molecule is COC(=O)COC(C)c1cc(-c2ccc(OC(F)(F)F)cc2)ccc1OCc1ccc(C(C)(C)C)cc1. The number of methoxy groups -OCH3 is 1. The first-order chi connectivity index (χ1) is 17.4. The van der Waals surface area contributed by atoms with E-state index in [1.807, 2.05) is 24.3 Å². The molecule has 198 valence electrons. The van der Waals surface area contributed by atoms with Crippen molar-refractivity contribution in [2.24, 2.45) is 0 Å². The third-order valence-electron chi connectivity index (χ3n) is 5.76. The molecule has 0 aliphatic rings. The number of hydrogen-bond acceptors (Lipinski definition) is 5. The van der Waals surface area contributed by atoms with Crippen molar-refractivity contribution in [1.82, 2.24) is 0 Å². The average molecular weight is 517 g/mol. The van der Waals surface area contributed by atoms with Crippen LogP contribution in [0.4, 0.5) is 13.2 Å². The molecule has 0 saturated carbocycles. The molecule has 0 fully saturated rings. The summed E-state index contributed by atoms with van der Waals surface area (Å²) < 4.78 is 57.9. The summed E-state index contributed by atoms with van der Waals surface area (Å²) in [5.74, 6) is -0.244. The predicted molar refractivity (Wildman–Crippen MR) is 134 cm³/mol. The molecule has 0 heterocycles. The molecule has 1 atom stereocenters. The van der Waals surface area contributed by atoms with Crippen molar-refractivity contribution in [2.45, 2.75) is 52.2 Å². The maximum Gasteiger partial charge on any atom is 0.573 e. The summed E-state index contributed by atoms with van der Waals surface area (Å²) >= 11 is 0. The molecule has 0 saturated heterocycles. The van der Waals surface area contributed by atoms with Crippen LogP contribution in [0.3, 0.4) is 0 Å². The minimum Gasteiger partial charge on any atom is -0.489 e. The molecule has 0 spiro atoms. The van der Waals surface area contributed by atoms with Gasteiger partial charge in [0.2, 0.25) is 0 Å². The predicted octanol–water partition coefficient (Wildman–Crippen LogP) is 7.38. The third kappa shape index (κ3) is 8.25. The fraction of sp³-hybridized carbons (Fsp3) is 0.345. The number of alkyl halides is 3. The molecule has 0 radical (unpaired) electrons. The minimum atomic E-state index is -4.76. The first-order valence-corrected chi connectivity index (χ1v) is 11.8. The number of esters is 1. The van der Waals surface area contributed by atoms with Crippen LogP contribution in [0.2, 0.25) is 0 Å². The van der Waals surface area contributed by atoms with Gasteiger partial charge in [-0.25, -0.2) is 4.79 Å². The number of carbonyl (C=O) groups is 1. The van der Waals surface area contributed by atoms with E-state index in [0.717, 1.165) is 11.1 Å². The quantitative estimate of drug-likeness (QED) is 0.278. The fourth-order valence-electron chi connectivity index (χ4n) is 3.63. The van der Waals surface area contributed by atoms with Crippen LogP contribution in [0.15, 0.2) is 66.7 Å². The van der Waals surface area contributed by atoms with Crippen LogP contribution in [0.5, 0.6) is 11.5 Å². The summed E-state index contributed by atoms with van der Waals surface area (Å²) in [5, 5.41) is 0. The Morgan fingerprint density at radius 1 is 0.892 bits per heavy atom. The Hall–Kier alpha value is -3.52. The first-order valence-electron chi connectivity index (χ1n) is 11.8. The minimum absolute atomic E-state index is 0.0475. The van der Waals surface area contributed by atoms with Crippen molar-refractivity contribution in [3.05, 3.63) is 83.4 Å². The third-order valence-corrected chi connectivity index (χ3v) is 5.76. The molecule has 0 amide bonds. The second-order valence-corrected chi connectivity index (χ2v) is 9.59. The molecule has 1 unspecified atom stereocenters. The summed E-state index contributed by atoms with van der Waals surface area (Å²) in [7, 11) is 1.28. The van der Waals surface area contributed by atoms with Gasteiger partial charge in [0, 0.05) is 5.56 Å². The summed E-state index contributed by atoms with van der Waals surface area (Å²) in [6.45, 7) is 8.33. The normalized spacial score (nSPS) is 12.6. The topological polar surface area (TPSA) is 54.0 Å². The molecule has 5 nitrogen and oxygen atoms in total. The van der Waals surface area contributed by atoms with Gasteiger partial charge in [-0.1, -0.05) is 63.2 Å². The summed E-state index contributed by atoms with van der Waals surface area (Å²) in [6, 6.07) is 19.2. The van der Waals surface area contributed by atoms with E-state index >= 15 is 0 Å².